The van der Waals surface area contributed by atoms with Crippen molar-refractivity contribution in [2.45, 2.75) is 99.1 Å². The number of hydrogen-bond acceptors (Lipinski definition) is 15. The molecule has 62 heavy (non-hydrogen) atoms. The van der Waals surface area contributed by atoms with Crippen LogP contribution in [0.1, 0.15) is 31.9 Å². The molecule has 0 radical (unpaired) electrons. The van der Waals surface area contributed by atoms with Gasteiger partial charge in [0.1, 0.15) is 54.6 Å². The molecule has 3 aromatic rings. The number of aliphatic hydroxyl groups excluding tert-OH is 1. The molecule has 10 atom stereocenters. The summed E-state index contributed by atoms with van der Waals surface area (Å²) in [6.45, 7) is 2.55. The molecule has 0 spiro atoms. The molecule has 3 aromatic carbocycles. The van der Waals surface area contributed by atoms with E-state index < -0.39 is 95.6 Å². The maximum Gasteiger partial charge on any atom is 0.407 e. The van der Waals surface area contributed by atoms with Gasteiger partial charge in [-0.2, -0.15) is 0 Å². The highest BCUT2D eigenvalue weighted by Gasteiger charge is 2.55. The second kappa shape index (κ2) is 23.3. The van der Waals surface area contributed by atoms with Crippen molar-refractivity contribution in [2.24, 2.45) is 0 Å². The summed E-state index contributed by atoms with van der Waals surface area (Å²) in [6.07, 6.45) is -12.6. The number of carbonyl (C=O) groups is 4. The lowest BCUT2D eigenvalue weighted by molar-refractivity contribution is -0.328. The van der Waals surface area contributed by atoms with Gasteiger partial charge in [0.2, 0.25) is 16.0 Å². The van der Waals surface area contributed by atoms with E-state index in [2.05, 4.69) is 10.6 Å². The van der Waals surface area contributed by atoms with Crippen molar-refractivity contribution in [3.05, 3.63) is 96.1 Å². The summed E-state index contributed by atoms with van der Waals surface area (Å²) in [4.78, 5) is 51.3. The third kappa shape index (κ3) is 14.8. The van der Waals surface area contributed by atoms with Crippen LogP contribution in [0, 0.1) is 0 Å². The summed E-state index contributed by atoms with van der Waals surface area (Å²) < 4.78 is 57.6. The number of rotatable bonds is 18. The van der Waals surface area contributed by atoms with Crippen molar-refractivity contribution < 1.29 is 71.7 Å². The molecule has 5 rings (SSSR count). The van der Waals surface area contributed by atoms with Crippen molar-refractivity contribution in [3.63, 3.8) is 0 Å². The van der Waals surface area contributed by atoms with E-state index in [1.165, 1.54) is 14.0 Å². The standard InChI is InChI=1S/C42H49Cl3N2O15/c1-24(48)46-33-35(51)36(31(21-54-19-27-11-7-5-8-12-27)60-39(33)59-30-17-15-29(53-4)16-18-30)62-40-34(47-41(52)56-23-42(43,44)45)38(58-26(3)50)37(57-25(2)49)32(61-40)22-55-20-28-13-9-6-10-14-28/h5-18,31-40,51H,19-23H2,1-4H3,(H,46,48)(H,47,52)/t31-,32-,33-,34-,35-,36-,37+,38-,39-,40+/m1/s1. The number of hydrogen-bond donors (Lipinski definition) is 3. The van der Waals surface area contributed by atoms with E-state index in [-0.39, 0.29) is 26.4 Å². The normalized spacial score (nSPS) is 26.1. The van der Waals surface area contributed by atoms with Gasteiger partial charge >= 0.3 is 18.0 Å². The van der Waals surface area contributed by atoms with Crippen LogP contribution < -0.4 is 20.1 Å². The first-order valence-corrected chi connectivity index (χ1v) is 20.5. The van der Waals surface area contributed by atoms with Crippen molar-refractivity contribution in [3.8, 4) is 11.5 Å². The van der Waals surface area contributed by atoms with Crippen molar-refractivity contribution in [1.29, 1.82) is 0 Å². The minimum Gasteiger partial charge on any atom is -0.497 e. The summed E-state index contributed by atoms with van der Waals surface area (Å²) in [5.74, 6) is -1.30. The SMILES string of the molecule is COc1ccc(O[C@@H]2O[C@H](COCc3ccccc3)[C@@H](O[C@@H]3O[C@H](COCc4ccccc4)[C@H](OC(C)=O)[C@H](OC(C)=O)[C@H]3NC(=O)OCC(Cl)(Cl)Cl)[C@H](O)[C@H]2NC(C)=O)cc1. The third-order valence-corrected chi connectivity index (χ3v) is 9.66. The molecule has 338 valence electrons. The highest BCUT2D eigenvalue weighted by Crippen LogP contribution is 2.34. The minimum absolute atomic E-state index is 0.103. The van der Waals surface area contributed by atoms with Crippen LogP contribution in [0.3, 0.4) is 0 Å². The summed E-state index contributed by atoms with van der Waals surface area (Å²) in [5, 5.41) is 17.4. The number of benzene rings is 3. The number of aliphatic hydroxyl groups is 1. The molecule has 0 aliphatic carbocycles. The van der Waals surface area contributed by atoms with Crippen LogP contribution in [0.25, 0.3) is 0 Å². The Bertz CT molecular complexity index is 1890. The Morgan fingerprint density at radius 3 is 1.71 bits per heavy atom. The number of nitrogens with one attached hydrogen (secondary N) is 2. The van der Waals surface area contributed by atoms with E-state index in [4.69, 9.17) is 82.2 Å². The zero-order chi connectivity index (χ0) is 44.8. The largest absolute Gasteiger partial charge is 0.497 e. The molecule has 2 aliphatic heterocycles. The smallest absolute Gasteiger partial charge is 0.407 e. The maximum absolute atomic E-state index is 13.3. The van der Waals surface area contributed by atoms with E-state index >= 15 is 0 Å². The predicted molar refractivity (Wildman–Crippen MR) is 221 cm³/mol. The lowest BCUT2D eigenvalue weighted by Gasteiger charge is -2.49. The van der Waals surface area contributed by atoms with Gasteiger partial charge in [-0.3, -0.25) is 14.4 Å². The Balaban J connectivity index is 1.52. The first kappa shape index (κ1) is 48.6. The lowest BCUT2D eigenvalue weighted by atomic mass is 9.94. The number of alkyl halides is 3. The highest BCUT2D eigenvalue weighted by molar-refractivity contribution is 6.67. The first-order valence-electron chi connectivity index (χ1n) is 19.4. The molecule has 20 heteroatoms. The molecule has 0 aromatic heterocycles. The highest BCUT2D eigenvalue weighted by atomic mass is 35.6. The lowest BCUT2D eigenvalue weighted by Crippen LogP contribution is -2.70. The van der Waals surface area contributed by atoms with Gasteiger partial charge in [0.15, 0.2) is 18.5 Å². The van der Waals surface area contributed by atoms with Gasteiger partial charge < -0.3 is 63.1 Å². The molecule has 0 unspecified atom stereocenters. The number of esters is 2. The first-order chi connectivity index (χ1) is 29.6. The summed E-state index contributed by atoms with van der Waals surface area (Å²) in [5.41, 5.74) is 1.64. The zero-order valence-corrected chi connectivity index (χ0v) is 36.5. The third-order valence-electron chi connectivity index (χ3n) is 9.34. The maximum atomic E-state index is 13.3. The summed E-state index contributed by atoms with van der Waals surface area (Å²) in [6, 6.07) is 22.1. The van der Waals surface area contributed by atoms with Gasteiger partial charge in [0, 0.05) is 20.8 Å². The van der Waals surface area contributed by atoms with Crippen molar-refractivity contribution in [2.75, 3.05) is 26.9 Å². The fourth-order valence-corrected chi connectivity index (χ4v) is 6.85. The van der Waals surface area contributed by atoms with Gasteiger partial charge in [-0.15, -0.1) is 0 Å². The van der Waals surface area contributed by atoms with E-state index in [9.17, 15) is 24.3 Å². The van der Waals surface area contributed by atoms with Crippen LogP contribution in [-0.2, 0) is 65.5 Å². The Kier molecular flexibility index (Phi) is 18.3. The van der Waals surface area contributed by atoms with Crippen LogP contribution in [0.2, 0.25) is 0 Å². The molecule has 2 heterocycles. The molecular formula is C42H49Cl3N2O15. The number of halogens is 3. The molecule has 2 amide bonds. The molecule has 2 saturated heterocycles. The molecule has 0 saturated carbocycles. The number of ether oxygens (including phenoxy) is 10. The van der Waals surface area contributed by atoms with E-state index in [1.54, 1.807) is 24.3 Å². The van der Waals surface area contributed by atoms with Gasteiger partial charge in [-0.05, 0) is 35.4 Å². The van der Waals surface area contributed by atoms with Crippen LogP contribution in [-0.4, -0.2) is 121 Å². The average Bonchev–Trinajstić information content (AvgIpc) is 3.22. The second-order valence-corrected chi connectivity index (χ2v) is 16.7. The van der Waals surface area contributed by atoms with Gasteiger partial charge in [0.05, 0.1) is 33.5 Å². The monoisotopic (exact) mass is 926 g/mol. The average molecular weight is 928 g/mol. The molecule has 17 nitrogen and oxygen atoms in total. The Morgan fingerprint density at radius 2 is 1.19 bits per heavy atom. The van der Waals surface area contributed by atoms with E-state index in [0.29, 0.717) is 11.5 Å². The quantitative estimate of drug-likeness (QED) is 0.0911. The number of alkyl carbamates (subject to hydrolysis) is 1. The number of amides is 2. The van der Waals surface area contributed by atoms with Crippen LogP contribution in [0.4, 0.5) is 4.79 Å². The van der Waals surface area contributed by atoms with Crippen LogP contribution in [0.5, 0.6) is 11.5 Å². The minimum atomic E-state index is -2.01. The number of carbonyl (C=O) groups excluding carboxylic acids is 4. The molecule has 2 fully saturated rings. The van der Waals surface area contributed by atoms with Crippen molar-refractivity contribution in [1.82, 2.24) is 10.6 Å². The Hall–Kier alpha value is -4.43. The summed E-state index contributed by atoms with van der Waals surface area (Å²) in [7, 11) is 1.51. The molecule has 3 N–H and O–H groups in total. The number of methoxy groups -OCH3 is 1. The van der Waals surface area contributed by atoms with Gasteiger partial charge in [0.25, 0.3) is 0 Å². The molecular weight excluding hydrogens is 879 g/mol. The predicted octanol–water partition coefficient (Wildman–Crippen LogP) is 4.54. The second-order valence-electron chi connectivity index (χ2n) is 14.2. The Morgan fingerprint density at radius 1 is 0.677 bits per heavy atom. The molecule has 0 bridgehead atoms. The van der Waals surface area contributed by atoms with Crippen molar-refractivity contribution >= 4 is 58.7 Å². The fraction of sp³-hybridized carbons (Fsp3) is 0.476. The topological polar surface area (TPSA) is 205 Å². The Labute approximate surface area is 373 Å². The van der Waals surface area contributed by atoms with E-state index in [1.807, 2.05) is 60.7 Å². The van der Waals surface area contributed by atoms with Crippen LogP contribution >= 0.6 is 34.8 Å². The van der Waals surface area contributed by atoms with Crippen LogP contribution in [0.15, 0.2) is 84.9 Å². The van der Waals surface area contributed by atoms with E-state index in [0.717, 1.165) is 25.0 Å². The fourth-order valence-electron chi connectivity index (χ4n) is 6.69. The van der Waals surface area contributed by atoms with Gasteiger partial charge in [-0.1, -0.05) is 95.5 Å². The molecule has 2 aliphatic rings. The summed E-state index contributed by atoms with van der Waals surface area (Å²) >= 11 is 17.5. The zero-order valence-electron chi connectivity index (χ0n) is 34.2. The van der Waals surface area contributed by atoms with Gasteiger partial charge in [-0.25, -0.2) is 4.79 Å².